The second-order valence-corrected chi connectivity index (χ2v) is 7.20. The Labute approximate surface area is 97.6 Å². The average Bonchev–Trinajstić information content (AvgIpc) is 2.14. The van der Waals surface area contributed by atoms with Crippen LogP contribution in [0.2, 0.25) is 0 Å². The van der Waals surface area contributed by atoms with Crippen LogP contribution in [0.5, 0.6) is 0 Å². The second-order valence-electron chi connectivity index (χ2n) is 5.19. The van der Waals surface area contributed by atoms with Crippen LogP contribution in [-0.4, -0.2) is 14.7 Å². The Morgan fingerprint density at radius 3 is 2.25 bits per heavy atom. The van der Waals surface area contributed by atoms with Crippen LogP contribution in [0.15, 0.2) is 29.2 Å². The topological polar surface area (TPSA) is 60.2 Å². The Morgan fingerprint density at radius 1 is 1.25 bits per heavy atom. The molecule has 0 aromatic heterocycles. The SMILES string of the molecule is CC(C)(C)[C@H](N)c1cccc(S(C)(=O)=O)c1. The number of hydrogen-bond donors (Lipinski definition) is 1. The molecule has 0 aliphatic rings. The van der Waals surface area contributed by atoms with Gasteiger partial charge in [-0.15, -0.1) is 0 Å². The Bertz CT molecular complexity index is 472. The molecule has 1 aromatic carbocycles. The molecule has 4 heteroatoms. The fourth-order valence-corrected chi connectivity index (χ4v) is 2.11. The highest BCUT2D eigenvalue weighted by Gasteiger charge is 2.23. The summed E-state index contributed by atoms with van der Waals surface area (Å²) in [5.41, 5.74) is 6.86. The van der Waals surface area contributed by atoms with Gasteiger partial charge in [-0.2, -0.15) is 0 Å². The molecule has 0 aliphatic carbocycles. The lowest BCUT2D eigenvalue weighted by Gasteiger charge is -2.27. The van der Waals surface area contributed by atoms with E-state index in [1.165, 1.54) is 6.26 Å². The first-order valence-electron chi connectivity index (χ1n) is 5.18. The normalized spacial score (nSPS) is 14.8. The Balaban J connectivity index is 3.19. The molecule has 0 fully saturated rings. The summed E-state index contributed by atoms with van der Waals surface area (Å²) in [7, 11) is -3.16. The number of benzene rings is 1. The summed E-state index contributed by atoms with van der Waals surface area (Å²) in [6.07, 6.45) is 1.20. The van der Waals surface area contributed by atoms with Gasteiger partial charge in [0.15, 0.2) is 9.84 Å². The largest absolute Gasteiger partial charge is 0.324 e. The van der Waals surface area contributed by atoms with E-state index in [9.17, 15) is 8.42 Å². The zero-order valence-corrected chi connectivity index (χ0v) is 11.0. The highest BCUT2D eigenvalue weighted by molar-refractivity contribution is 7.90. The molecule has 2 N–H and O–H groups in total. The van der Waals surface area contributed by atoms with Gasteiger partial charge in [-0.25, -0.2) is 8.42 Å². The summed E-state index contributed by atoms with van der Waals surface area (Å²) in [6, 6.07) is 6.68. The third-order valence-corrected chi connectivity index (χ3v) is 3.69. The zero-order valence-electron chi connectivity index (χ0n) is 10.2. The third kappa shape index (κ3) is 3.06. The zero-order chi connectivity index (χ0) is 12.6. The van der Waals surface area contributed by atoms with Crippen LogP contribution < -0.4 is 5.73 Å². The highest BCUT2D eigenvalue weighted by atomic mass is 32.2. The van der Waals surface area contributed by atoms with Gasteiger partial charge >= 0.3 is 0 Å². The van der Waals surface area contributed by atoms with Crippen LogP contribution in [0.4, 0.5) is 0 Å². The molecule has 1 aromatic rings. The molecule has 1 atom stereocenters. The van der Waals surface area contributed by atoms with E-state index in [4.69, 9.17) is 5.73 Å². The van der Waals surface area contributed by atoms with Crippen molar-refractivity contribution in [2.75, 3.05) is 6.26 Å². The van der Waals surface area contributed by atoms with Crippen molar-refractivity contribution in [3.63, 3.8) is 0 Å². The lowest BCUT2D eigenvalue weighted by Crippen LogP contribution is -2.26. The molecule has 90 valence electrons. The van der Waals surface area contributed by atoms with Crippen molar-refractivity contribution in [3.8, 4) is 0 Å². The van der Waals surface area contributed by atoms with Crippen molar-refractivity contribution < 1.29 is 8.42 Å². The van der Waals surface area contributed by atoms with E-state index in [1.807, 2.05) is 26.8 Å². The summed E-state index contributed by atoms with van der Waals surface area (Å²) in [5, 5.41) is 0. The molecule has 0 spiro atoms. The smallest absolute Gasteiger partial charge is 0.175 e. The van der Waals surface area contributed by atoms with E-state index in [2.05, 4.69) is 0 Å². The van der Waals surface area contributed by atoms with Crippen molar-refractivity contribution in [1.29, 1.82) is 0 Å². The number of hydrogen-bond acceptors (Lipinski definition) is 3. The van der Waals surface area contributed by atoms with E-state index in [1.54, 1.807) is 18.2 Å². The molecular weight excluding hydrogens is 222 g/mol. The lowest BCUT2D eigenvalue weighted by molar-refractivity contribution is 0.326. The van der Waals surface area contributed by atoms with Crippen LogP contribution in [0.1, 0.15) is 32.4 Å². The molecule has 0 saturated heterocycles. The summed E-state index contributed by atoms with van der Waals surface area (Å²) < 4.78 is 22.8. The Hall–Kier alpha value is -0.870. The minimum absolute atomic E-state index is 0.0872. The molecule has 16 heavy (non-hydrogen) atoms. The summed E-state index contributed by atoms with van der Waals surface area (Å²) in [4.78, 5) is 0.324. The third-order valence-electron chi connectivity index (χ3n) is 2.58. The van der Waals surface area contributed by atoms with Gasteiger partial charge in [0, 0.05) is 12.3 Å². The van der Waals surface area contributed by atoms with Crippen molar-refractivity contribution in [2.45, 2.75) is 31.7 Å². The van der Waals surface area contributed by atoms with E-state index < -0.39 is 9.84 Å². The van der Waals surface area contributed by atoms with Crippen molar-refractivity contribution in [1.82, 2.24) is 0 Å². The van der Waals surface area contributed by atoms with Crippen LogP contribution in [-0.2, 0) is 9.84 Å². The van der Waals surface area contributed by atoms with Gasteiger partial charge < -0.3 is 5.73 Å². The van der Waals surface area contributed by atoms with Crippen molar-refractivity contribution in [3.05, 3.63) is 29.8 Å². The van der Waals surface area contributed by atoms with Crippen molar-refractivity contribution >= 4 is 9.84 Å². The first-order chi connectivity index (χ1) is 7.12. The van der Waals surface area contributed by atoms with Gasteiger partial charge in [-0.3, -0.25) is 0 Å². The van der Waals surface area contributed by atoms with Crippen molar-refractivity contribution in [2.24, 2.45) is 11.1 Å². The van der Waals surface area contributed by atoms with Gasteiger partial charge in [-0.1, -0.05) is 32.9 Å². The van der Waals surface area contributed by atoms with Gasteiger partial charge in [0.1, 0.15) is 0 Å². The molecule has 0 heterocycles. The first kappa shape index (κ1) is 13.2. The summed E-state index contributed by atoms with van der Waals surface area (Å²) in [5.74, 6) is 0. The minimum atomic E-state index is -3.16. The number of nitrogens with two attached hydrogens (primary N) is 1. The predicted molar refractivity (Wildman–Crippen MR) is 65.9 cm³/mol. The van der Waals surface area contributed by atoms with Gasteiger partial charge in [-0.05, 0) is 23.1 Å². The quantitative estimate of drug-likeness (QED) is 0.863. The molecule has 1 rings (SSSR count). The van der Waals surface area contributed by atoms with Gasteiger partial charge in [0.2, 0.25) is 0 Å². The molecule has 0 amide bonds. The highest BCUT2D eigenvalue weighted by Crippen LogP contribution is 2.31. The molecule has 0 radical (unpaired) electrons. The van der Waals surface area contributed by atoms with E-state index >= 15 is 0 Å². The van der Waals surface area contributed by atoms with E-state index in [-0.39, 0.29) is 11.5 Å². The molecular formula is C12H19NO2S. The molecule has 0 saturated carbocycles. The lowest BCUT2D eigenvalue weighted by atomic mass is 9.83. The molecule has 0 aliphatic heterocycles. The van der Waals surface area contributed by atoms with E-state index in [0.29, 0.717) is 4.90 Å². The summed E-state index contributed by atoms with van der Waals surface area (Å²) in [6.45, 7) is 6.10. The summed E-state index contributed by atoms with van der Waals surface area (Å²) >= 11 is 0. The minimum Gasteiger partial charge on any atom is -0.324 e. The standard InChI is InChI=1S/C12H19NO2S/c1-12(2,3)11(13)9-6-5-7-10(8-9)16(4,14)15/h5-8,11H,13H2,1-4H3/t11-/m1/s1. The maximum absolute atomic E-state index is 11.4. The Kier molecular flexibility index (Phi) is 3.45. The number of rotatable bonds is 2. The fourth-order valence-electron chi connectivity index (χ4n) is 1.44. The van der Waals surface area contributed by atoms with Crippen LogP contribution in [0.25, 0.3) is 0 Å². The molecule has 0 unspecified atom stereocenters. The van der Waals surface area contributed by atoms with Crippen LogP contribution in [0, 0.1) is 5.41 Å². The second kappa shape index (κ2) is 4.18. The van der Waals surface area contributed by atoms with Gasteiger partial charge in [0.25, 0.3) is 0 Å². The first-order valence-corrected chi connectivity index (χ1v) is 7.07. The Morgan fingerprint density at radius 2 is 1.81 bits per heavy atom. The fraction of sp³-hybridized carbons (Fsp3) is 0.500. The molecule has 0 bridgehead atoms. The van der Waals surface area contributed by atoms with Gasteiger partial charge in [0.05, 0.1) is 4.90 Å². The maximum atomic E-state index is 11.4. The predicted octanol–water partition coefficient (Wildman–Crippen LogP) is 2.14. The van der Waals surface area contributed by atoms with E-state index in [0.717, 1.165) is 5.56 Å². The molecule has 3 nitrogen and oxygen atoms in total. The van der Waals surface area contributed by atoms with Crippen LogP contribution in [0.3, 0.4) is 0 Å². The van der Waals surface area contributed by atoms with Crippen LogP contribution >= 0.6 is 0 Å². The number of sulfone groups is 1. The monoisotopic (exact) mass is 241 g/mol. The maximum Gasteiger partial charge on any atom is 0.175 e. The average molecular weight is 241 g/mol.